The summed E-state index contributed by atoms with van der Waals surface area (Å²) in [6.07, 6.45) is 0.679. The number of rotatable bonds is 8. The highest BCUT2D eigenvalue weighted by Gasteiger charge is 2.06. The molecule has 1 unspecified atom stereocenters. The molecule has 0 heterocycles. The lowest BCUT2D eigenvalue weighted by Crippen LogP contribution is -2.32. The molecule has 0 saturated heterocycles. The average Bonchev–Trinajstić information content (AvgIpc) is 2.44. The van der Waals surface area contributed by atoms with Crippen LogP contribution in [0.3, 0.4) is 0 Å². The number of carbonyl (C=O) groups excluding carboxylic acids is 1. The summed E-state index contributed by atoms with van der Waals surface area (Å²) in [4.78, 5) is 11.8. The molecule has 2 amide bonds. The fourth-order valence-electron chi connectivity index (χ4n) is 1.69. The molecule has 0 spiro atoms. The van der Waals surface area contributed by atoms with Crippen LogP contribution >= 0.6 is 0 Å². The van der Waals surface area contributed by atoms with E-state index in [-0.39, 0.29) is 18.6 Å². The lowest BCUT2D eigenvalue weighted by Gasteiger charge is -2.13. The molecule has 1 aromatic rings. The molecule has 0 bridgehead atoms. The third-order valence-corrected chi connectivity index (χ3v) is 2.91. The van der Waals surface area contributed by atoms with Crippen LogP contribution in [0.2, 0.25) is 0 Å². The second-order valence-electron chi connectivity index (χ2n) is 5.69. The quantitative estimate of drug-likeness (QED) is 0.690. The Bertz CT molecular complexity index is 435. The Morgan fingerprint density at radius 2 is 2.10 bits per heavy atom. The van der Waals surface area contributed by atoms with E-state index >= 15 is 0 Å². The van der Waals surface area contributed by atoms with Gasteiger partial charge in [-0.15, -0.1) is 0 Å². The van der Waals surface area contributed by atoms with Gasteiger partial charge in [-0.25, -0.2) is 4.79 Å². The summed E-state index contributed by atoms with van der Waals surface area (Å²) in [5, 5.41) is 14.4. The molecule has 1 atom stereocenters. The number of hydrogen-bond donors (Lipinski definition) is 3. The summed E-state index contributed by atoms with van der Waals surface area (Å²) in [6, 6.07) is 7.09. The van der Waals surface area contributed by atoms with Crippen LogP contribution in [-0.4, -0.2) is 30.9 Å². The molecule has 0 aromatic heterocycles. The first-order chi connectivity index (χ1) is 10.0. The number of benzene rings is 1. The van der Waals surface area contributed by atoms with Gasteiger partial charge in [-0.2, -0.15) is 0 Å². The minimum absolute atomic E-state index is 0.139. The maximum Gasteiger partial charge on any atom is 0.319 e. The van der Waals surface area contributed by atoms with Crippen molar-refractivity contribution in [2.45, 2.75) is 27.2 Å². The third kappa shape index (κ3) is 7.56. The van der Waals surface area contributed by atoms with Crippen molar-refractivity contribution in [2.75, 3.05) is 25.1 Å². The first-order valence-electron chi connectivity index (χ1n) is 7.39. The van der Waals surface area contributed by atoms with Crippen LogP contribution in [0.1, 0.15) is 27.2 Å². The number of nitrogens with one attached hydrogen (secondary N) is 2. The Morgan fingerprint density at radius 3 is 2.76 bits per heavy atom. The molecule has 3 N–H and O–H groups in total. The Kier molecular flexibility index (Phi) is 7.61. The highest BCUT2D eigenvalue weighted by Crippen LogP contribution is 2.17. The maximum absolute atomic E-state index is 11.8. The number of urea groups is 1. The predicted octanol–water partition coefficient (Wildman–Crippen LogP) is 2.86. The molecule has 1 rings (SSSR count). The monoisotopic (exact) mass is 294 g/mol. The van der Waals surface area contributed by atoms with E-state index in [1.165, 1.54) is 0 Å². The normalized spacial score (nSPS) is 12.0. The molecule has 0 saturated carbocycles. The second kappa shape index (κ2) is 9.23. The highest BCUT2D eigenvalue weighted by atomic mass is 16.5. The number of aliphatic hydroxyl groups is 1. The third-order valence-electron chi connectivity index (χ3n) is 2.91. The first kappa shape index (κ1) is 17.3. The molecular weight excluding hydrogens is 268 g/mol. The summed E-state index contributed by atoms with van der Waals surface area (Å²) in [5.41, 5.74) is 0.698. The van der Waals surface area contributed by atoms with Gasteiger partial charge in [-0.05, 0) is 30.4 Å². The number of ether oxygens (including phenoxy) is 1. The van der Waals surface area contributed by atoms with Crippen molar-refractivity contribution >= 4 is 11.7 Å². The van der Waals surface area contributed by atoms with Crippen LogP contribution < -0.4 is 15.4 Å². The minimum atomic E-state index is -0.249. The topological polar surface area (TPSA) is 70.6 Å². The van der Waals surface area contributed by atoms with Gasteiger partial charge in [0.2, 0.25) is 0 Å². The molecule has 1 aromatic carbocycles. The minimum Gasteiger partial charge on any atom is -0.493 e. The highest BCUT2D eigenvalue weighted by molar-refractivity contribution is 5.89. The Hall–Kier alpha value is -1.75. The Morgan fingerprint density at radius 1 is 1.33 bits per heavy atom. The SMILES string of the molecule is CC(C)COc1cccc(NC(=O)NCC(C)CCO)c1. The van der Waals surface area contributed by atoms with Crippen LogP contribution in [0.4, 0.5) is 10.5 Å². The van der Waals surface area contributed by atoms with E-state index in [1.807, 2.05) is 25.1 Å². The van der Waals surface area contributed by atoms with Crippen LogP contribution in [0, 0.1) is 11.8 Å². The van der Waals surface area contributed by atoms with Gasteiger partial charge >= 0.3 is 6.03 Å². The van der Waals surface area contributed by atoms with E-state index < -0.39 is 0 Å². The molecule has 0 radical (unpaired) electrons. The number of amides is 2. The number of anilines is 1. The van der Waals surface area contributed by atoms with E-state index in [0.29, 0.717) is 31.2 Å². The van der Waals surface area contributed by atoms with Crippen molar-refractivity contribution in [2.24, 2.45) is 11.8 Å². The fourth-order valence-corrected chi connectivity index (χ4v) is 1.69. The fraction of sp³-hybridized carbons (Fsp3) is 0.562. The molecule has 0 aliphatic rings. The van der Waals surface area contributed by atoms with E-state index in [4.69, 9.17) is 9.84 Å². The molecule has 5 heteroatoms. The Labute approximate surface area is 126 Å². The van der Waals surface area contributed by atoms with E-state index in [1.54, 1.807) is 6.07 Å². The maximum atomic E-state index is 11.8. The number of carbonyl (C=O) groups is 1. The van der Waals surface area contributed by atoms with Gasteiger partial charge in [-0.3, -0.25) is 0 Å². The standard InChI is InChI=1S/C16H26N2O3/c1-12(2)11-21-15-6-4-5-14(9-15)18-16(20)17-10-13(3)7-8-19/h4-6,9,12-13,19H,7-8,10-11H2,1-3H3,(H2,17,18,20). The molecule has 21 heavy (non-hydrogen) atoms. The number of hydrogen-bond acceptors (Lipinski definition) is 3. The van der Waals surface area contributed by atoms with Crippen molar-refractivity contribution in [3.8, 4) is 5.75 Å². The molecule has 0 fully saturated rings. The summed E-state index contributed by atoms with van der Waals surface area (Å²) >= 11 is 0. The molecule has 5 nitrogen and oxygen atoms in total. The largest absolute Gasteiger partial charge is 0.493 e. The van der Waals surface area contributed by atoms with Gasteiger partial charge in [-0.1, -0.05) is 26.8 Å². The van der Waals surface area contributed by atoms with Crippen LogP contribution in [-0.2, 0) is 0 Å². The zero-order valence-electron chi connectivity index (χ0n) is 13.1. The van der Waals surface area contributed by atoms with Gasteiger partial charge in [0.05, 0.1) is 6.61 Å². The van der Waals surface area contributed by atoms with Gasteiger partial charge in [0.15, 0.2) is 0 Å². The van der Waals surface area contributed by atoms with Crippen molar-refractivity contribution in [1.29, 1.82) is 0 Å². The molecule has 0 aliphatic heterocycles. The zero-order chi connectivity index (χ0) is 15.7. The zero-order valence-corrected chi connectivity index (χ0v) is 13.1. The lowest BCUT2D eigenvalue weighted by atomic mass is 10.1. The second-order valence-corrected chi connectivity index (χ2v) is 5.69. The van der Waals surface area contributed by atoms with Crippen molar-refractivity contribution in [1.82, 2.24) is 5.32 Å². The van der Waals surface area contributed by atoms with Crippen LogP contribution in [0.25, 0.3) is 0 Å². The summed E-state index contributed by atoms with van der Waals surface area (Å²) in [7, 11) is 0. The van der Waals surface area contributed by atoms with Crippen LogP contribution in [0.15, 0.2) is 24.3 Å². The molecule has 0 aliphatic carbocycles. The van der Waals surface area contributed by atoms with Gasteiger partial charge in [0, 0.05) is 24.9 Å². The van der Waals surface area contributed by atoms with Crippen molar-refractivity contribution < 1.29 is 14.6 Å². The van der Waals surface area contributed by atoms with Gasteiger partial charge in [0.1, 0.15) is 5.75 Å². The van der Waals surface area contributed by atoms with Crippen LogP contribution in [0.5, 0.6) is 5.75 Å². The van der Waals surface area contributed by atoms with Crippen molar-refractivity contribution in [3.05, 3.63) is 24.3 Å². The van der Waals surface area contributed by atoms with Gasteiger partial charge < -0.3 is 20.5 Å². The van der Waals surface area contributed by atoms with E-state index in [0.717, 1.165) is 5.75 Å². The van der Waals surface area contributed by atoms with Crippen molar-refractivity contribution in [3.63, 3.8) is 0 Å². The Balaban J connectivity index is 2.43. The molecular formula is C16H26N2O3. The first-order valence-corrected chi connectivity index (χ1v) is 7.39. The summed E-state index contributed by atoms with van der Waals surface area (Å²) < 4.78 is 5.62. The predicted molar refractivity (Wildman–Crippen MR) is 84.7 cm³/mol. The molecule has 118 valence electrons. The average molecular weight is 294 g/mol. The lowest BCUT2D eigenvalue weighted by molar-refractivity contribution is 0.243. The number of aliphatic hydroxyl groups excluding tert-OH is 1. The van der Waals surface area contributed by atoms with Gasteiger partial charge in [0.25, 0.3) is 0 Å². The van der Waals surface area contributed by atoms with E-state index in [9.17, 15) is 4.79 Å². The summed E-state index contributed by atoms with van der Waals surface area (Å²) in [5.74, 6) is 1.45. The smallest absolute Gasteiger partial charge is 0.319 e. The summed E-state index contributed by atoms with van der Waals surface area (Å²) in [6.45, 7) is 7.48. The van der Waals surface area contributed by atoms with E-state index in [2.05, 4.69) is 24.5 Å².